The van der Waals surface area contributed by atoms with E-state index in [4.69, 9.17) is 0 Å². The van der Waals surface area contributed by atoms with Crippen LogP contribution in [0.25, 0.3) is 0 Å². The Balaban J connectivity index is 2.35. The average Bonchev–Trinajstić information content (AvgIpc) is 2.49. The summed E-state index contributed by atoms with van der Waals surface area (Å²) >= 11 is 0. The second-order valence-corrected chi connectivity index (χ2v) is 2.18. The van der Waals surface area contributed by atoms with E-state index in [-0.39, 0.29) is 5.91 Å². The van der Waals surface area contributed by atoms with E-state index in [9.17, 15) is 4.79 Å². The third kappa shape index (κ3) is 2.88. The maximum absolute atomic E-state index is 10.4. The fourth-order valence-corrected chi connectivity index (χ4v) is 0.634. The number of H-pyrrole nitrogens is 1. The Morgan fingerprint density at radius 1 is 1.83 bits per heavy atom. The van der Waals surface area contributed by atoms with E-state index in [0.29, 0.717) is 6.54 Å². The summed E-state index contributed by atoms with van der Waals surface area (Å²) in [6, 6.07) is 1.76. The number of carbonyl (C=O) groups is 1. The van der Waals surface area contributed by atoms with Gasteiger partial charge in [0.15, 0.2) is 0 Å². The van der Waals surface area contributed by atoms with Gasteiger partial charge in [0, 0.05) is 13.1 Å². The van der Waals surface area contributed by atoms with Crippen molar-refractivity contribution in [3.8, 4) is 11.8 Å². The quantitative estimate of drug-likeness (QED) is 0.568. The van der Waals surface area contributed by atoms with Crippen molar-refractivity contribution in [2.75, 3.05) is 6.54 Å². The second-order valence-electron chi connectivity index (χ2n) is 2.18. The molecule has 4 heteroatoms. The molecule has 0 aromatic carbocycles. The summed E-state index contributed by atoms with van der Waals surface area (Å²) in [5, 5.41) is 8.97. The first-order valence-electron chi connectivity index (χ1n) is 3.52. The van der Waals surface area contributed by atoms with Gasteiger partial charge in [0.2, 0.25) is 5.91 Å². The maximum atomic E-state index is 10.4. The summed E-state index contributed by atoms with van der Waals surface area (Å²) in [6.45, 7) is 1.83. The van der Waals surface area contributed by atoms with Crippen LogP contribution in [-0.4, -0.2) is 22.6 Å². The van der Waals surface area contributed by atoms with Gasteiger partial charge in [-0.05, 0) is 12.0 Å². The molecule has 0 fully saturated rings. The highest BCUT2D eigenvalue weighted by molar-refractivity contribution is 5.73. The summed E-state index contributed by atoms with van der Waals surface area (Å²) in [5.41, 5.74) is 0.750. The molecule has 0 bridgehead atoms. The zero-order valence-corrected chi connectivity index (χ0v) is 6.72. The van der Waals surface area contributed by atoms with Crippen LogP contribution in [0.3, 0.4) is 0 Å². The lowest BCUT2D eigenvalue weighted by Crippen LogP contribution is -2.19. The van der Waals surface area contributed by atoms with Crippen molar-refractivity contribution in [2.24, 2.45) is 0 Å². The molecular formula is C8H9N3O. The van der Waals surface area contributed by atoms with Gasteiger partial charge in [-0.25, -0.2) is 0 Å². The fourth-order valence-electron chi connectivity index (χ4n) is 0.634. The standard InChI is InChI=1S/C8H9N3O/c1-7(12)9-5-2-3-8-4-6-10-11-8/h4,6H,5H2,1H3,(H,9,12)(H,10,11). The minimum Gasteiger partial charge on any atom is -0.345 e. The van der Waals surface area contributed by atoms with Gasteiger partial charge in [0.1, 0.15) is 5.69 Å². The Morgan fingerprint density at radius 3 is 3.25 bits per heavy atom. The first kappa shape index (κ1) is 8.34. The number of nitrogens with one attached hydrogen (secondary N) is 2. The van der Waals surface area contributed by atoms with E-state index in [1.807, 2.05) is 0 Å². The van der Waals surface area contributed by atoms with E-state index in [1.165, 1.54) is 6.92 Å². The maximum Gasteiger partial charge on any atom is 0.217 e. The minimum atomic E-state index is -0.0751. The topological polar surface area (TPSA) is 57.8 Å². The molecule has 0 spiro atoms. The predicted octanol–water partition coefficient (Wildman–Crippen LogP) is -0.103. The molecule has 0 atom stereocenters. The number of amides is 1. The zero-order valence-electron chi connectivity index (χ0n) is 6.72. The highest BCUT2D eigenvalue weighted by atomic mass is 16.1. The van der Waals surface area contributed by atoms with Crippen molar-refractivity contribution >= 4 is 5.91 Å². The lowest BCUT2D eigenvalue weighted by atomic mass is 10.4. The van der Waals surface area contributed by atoms with Crippen molar-refractivity contribution in [1.82, 2.24) is 15.5 Å². The highest BCUT2D eigenvalue weighted by Crippen LogP contribution is 1.85. The number of nitrogens with zero attached hydrogens (tertiary/aromatic N) is 1. The normalized spacial score (nSPS) is 8.42. The SMILES string of the molecule is CC(=O)NCC#Cc1ccn[nH]1. The largest absolute Gasteiger partial charge is 0.345 e. The number of carbonyl (C=O) groups excluding carboxylic acids is 1. The van der Waals surface area contributed by atoms with E-state index < -0.39 is 0 Å². The minimum absolute atomic E-state index is 0.0751. The van der Waals surface area contributed by atoms with Crippen LogP contribution in [0.4, 0.5) is 0 Å². The Hall–Kier alpha value is -1.76. The molecule has 12 heavy (non-hydrogen) atoms. The first-order chi connectivity index (χ1) is 5.79. The molecule has 0 radical (unpaired) electrons. The third-order valence-corrected chi connectivity index (χ3v) is 1.15. The molecular weight excluding hydrogens is 154 g/mol. The van der Waals surface area contributed by atoms with Crippen LogP contribution < -0.4 is 5.32 Å². The number of hydrogen-bond donors (Lipinski definition) is 2. The molecule has 0 aliphatic rings. The van der Waals surface area contributed by atoms with E-state index in [1.54, 1.807) is 12.3 Å². The van der Waals surface area contributed by atoms with Gasteiger partial charge in [0.05, 0.1) is 6.54 Å². The molecule has 1 rings (SSSR count). The molecule has 0 aliphatic carbocycles. The van der Waals surface area contributed by atoms with Gasteiger partial charge in [-0.15, -0.1) is 0 Å². The lowest BCUT2D eigenvalue weighted by molar-refractivity contribution is -0.118. The van der Waals surface area contributed by atoms with Crippen LogP contribution in [0.5, 0.6) is 0 Å². The number of aromatic nitrogens is 2. The van der Waals surface area contributed by atoms with Crippen LogP contribution in [0.1, 0.15) is 12.6 Å². The Bertz CT molecular complexity index is 305. The van der Waals surface area contributed by atoms with Gasteiger partial charge in [0.25, 0.3) is 0 Å². The van der Waals surface area contributed by atoms with Crippen molar-refractivity contribution in [3.05, 3.63) is 18.0 Å². The lowest BCUT2D eigenvalue weighted by Gasteiger charge is -1.90. The Labute approximate surface area is 70.4 Å². The van der Waals surface area contributed by atoms with Gasteiger partial charge < -0.3 is 5.32 Å². The summed E-state index contributed by atoms with van der Waals surface area (Å²) in [4.78, 5) is 10.4. The van der Waals surface area contributed by atoms with Gasteiger partial charge in [-0.3, -0.25) is 9.89 Å². The molecule has 1 amide bonds. The first-order valence-corrected chi connectivity index (χ1v) is 3.52. The molecule has 2 N–H and O–H groups in total. The molecule has 0 saturated heterocycles. The van der Waals surface area contributed by atoms with Gasteiger partial charge in [-0.1, -0.05) is 5.92 Å². The van der Waals surface area contributed by atoms with Gasteiger partial charge >= 0.3 is 0 Å². The molecule has 4 nitrogen and oxygen atoms in total. The highest BCUT2D eigenvalue weighted by Gasteiger charge is 1.85. The number of rotatable bonds is 1. The van der Waals surface area contributed by atoms with Crippen molar-refractivity contribution in [2.45, 2.75) is 6.92 Å². The van der Waals surface area contributed by atoms with Crippen LogP contribution in [0, 0.1) is 11.8 Å². The third-order valence-electron chi connectivity index (χ3n) is 1.15. The van der Waals surface area contributed by atoms with Crippen LogP contribution in [0.15, 0.2) is 12.3 Å². The zero-order chi connectivity index (χ0) is 8.81. The molecule has 1 aromatic rings. The Morgan fingerprint density at radius 2 is 2.67 bits per heavy atom. The molecule has 0 aliphatic heterocycles. The van der Waals surface area contributed by atoms with Crippen molar-refractivity contribution in [1.29, 1.82) is 0 Å². The van der Waals surface area contributed by atoms with E-state index in [2.05, 4.69) is 27.4 Å². The molecule has 62 valence electrons. The monoisotopic (exact) mass is 163 g/mol. The van der Waals surface area contributed by atoms with Gasteiger partial charge in [-0.2, -0.15) is 5.10 Å². The molecule has 0 saturated carbocycles. The predicted molar refractivity (Wildman–Crippen MR) is 44.1 cm³/mol. The van der Waals surface area contributed by atoms with E-state index >= 15 is 0 Å². The fraction of sp³-hybridized carbons (Fsp3) is 0.250. The van der Waals surface area contributed by atoms with E-state index in [0.717, 1.165) is 5.69 Å². The summed E-state index contributed by atoms with van der Waals surface area (Å²) < 4.78 is 0. The van der Waals surface area contributed by atoms with Crippen molar-refractivity contribution < 1.29 is 4.79 Å². The van der Waals surface area contributed by atoms with Crippen molar-refractivity contribution in [3.63, 3.8) is 0 Å². The molecule has 0 unspecified atom stereocenters. The number of aromatic amines is 1. The summed E-state index contributed by atoms with van der Waals surface area (Å²) in [7, 11) is 0. The van der Waals surface area contributed by atoms with Crippen LogP contribution in [0.2, 0.25) is 0 Å². The molecule has 1 aromatic heterocycles. The molecule has 1 heterocycles. The second kappa shape index (κ2) is 4.19. The number of hydrogen-bond acceptors (Lipinski definition) is 2. The smallest absolute Gasteiger partial charge is 0.217 e. The summed E-state index contributed by atoms with van der Waals surface area (Å²) in [5.74, 6) is 5.49. The average molecular weight is 163 g/mol. The Kier molecular flexibility index (Phi) is 2.91. The van der Waals surface area contributed by atoms with Crippen LogP contribution in [-0.2, 0) is 4.79 Å². The summed E-state index contributed by atoms with van der Waals surface area (Å²) in [6.07, 6.45) is 1.63. The van der Waals surface area contributed by atoms with Crippen LogP contribution >= 0.6 is 0 Å².